The number of aliphatic hydroxyl groups is 1. The van der Waals surface area contributed by atoms with Crippen LogP contribution in [-0.2, 0) is 0 Å². The van der Waals surface area contributed by atoms with Crippen molar-refractivity contribution < 1.29 is 9.84 Å². The summed E-state index contributed by atoms with van der Waals surface area (Å²) >= 11 is 0. The molecule has 0 aliphatic rings. The highest BCUT2D eigenvalue weighted by Gasteiger charge is 2.12. The molecule has 3 heteroatoms. The third-order valence-corrected chi connectivity index (χ3v) is 2.58. The molecule has 3 nitrogen and oxygen atoms in total. The Kier molecular flexibility index (Phi) is 3.29. The Hall–Kier alpha value is -1.61. The van der Waals surface area contributed by atoms with Crippen molar-refractivity contribution in [2.45, 2.75) is 25.9 Å². The number of fused-ring (bicyclic) bond motifs is 1. The predicted molar refractivity (Wildman–Crippen MR) is 68.2 cm³/mol. The summed E-state index contributed by atoms with van der Waals surface area (Å²) in [6.07, 6.45) is 2.37. The summed E-state index contributed by atoms with van der Waals surface area (Å²) in [7, 11) is 0. The zero-order valence-electron chi connectivity index (χ0n) is 10.2. The Bertz CT molecular complexity index is 498. The number of hydrogen-bond donors (Lipinski definition) is 1. The molecule has 0 unspecified atom stereocenters. The van der Waals surface area contributed by atoms with Gasteiger partial charge >= 0.3 is 0 Å². The smallest absolute Gasteiger partial charge is 0.128 e. The fourth-order valence-electron chi connectivity index (χ4n) is 1.61. The molecule has 0 saturated carbocycles. The third-order valence-electron chi connectivity index (χ3n) is 2.58. The second kappa shape index (κ2) is 4.72. The van der Waals surface area contributed by atoms with E-state index in [1.807, 2.05) is 30.3 Å². The van der Waals surface area contributed by atoms with E-state index in [9.17, 15) is 5.11 Å². The van der Waals surface area contributed by atoms with E-state index >= 15 is 0 Å². The van der Waals surface area contributed by atoms with Crippen molar-refractivity contribution in [3.63, 3.8) is 0 Å². The van der Waals surface area contributed by atoms with Gasteiger partial charge in [-0.05, 0) is 38.1 Å². The Morgan fingerprint density at radius 2 is 2.06 bits per heavy atom. The number of pyridine rings is 1. The highest BCUT2D eigenvalue weighted by Crippen LogP contribution is 2.24. The van der Waals surface area contributed by atoms with Crippen LogP contribution in [0.1, 0.15) is 20.3 Å². The Labute approximate surface area is 101 Å². The molecule has 1 aromatic heterocycles. The molecule has 0 bridgehead atoms. The average Bonchev–Trinajstić information content (AvgIpc) is 2.28. The van der Waals surface area contributed by atoms with E-state index in [0.29, 0.717) is 13.0 Å². The minimum absolute atomic E-state index is 0.498. The van der Waals surface area contributed by atoms with Gasteiger partial charge in [0.1, 0.15) is 5.75 Å². The first kappa shape index (κ1) is 11.9. The van der Waals surface area contributed by atoms with Crippen LogP contribution in [0.4, 0.5) is 0 Å². The van der Waals surface area contributed by atoms with Crippen molar-refractivity contribution in [2.24, 2.45) is 0 Å². The molecule has 0 atom stereocenters. The van der Waals surface area contributed by atoms with Crippen LogP contribution >= 0.6 is 0 Å². The summed E-state index contributed by atoms with van der Waals surface area (Å²) in [5.74, 6) is 0.819. The number of aromatic nitrogens is 1. The first-order valence-corrected chi connectivity index (χ1v) is 5.75. The van der Waals surface area contributed by atoms with Crippen molar-refractivity contribution in [3.05, 3.63) is 36.5 Å². The van der Waals surface area contributed by atoms with Crippen LogP contribution in [0.5, 0.6) is 5.75 Å². The van der Waals surface area contributed by atoms with Crippen molar-refractivity contribution in [2.75, 3.05) is 6.61 Å². The molecule has 1 N–H and O–H groups in total. The molecule has 0 spiro atoms. The second-order valence-electron chi connectivity index (χ2n) is 4.74. The standard InChI is InChI=1S/C14H17NO2/c1-14(2,16)8-10-17-13-7-3-6-12-11(13)5-4-9-15-12/h3-7,9,16H,8,10H2,1-2H3. The molecule has 1 aromatic carbocycles. The topological polar surface area (TPSA) is 42.4 Å². The van der Waals surface area contributed by atoms with E-state index in [-0.39, 0.29) is 0 Å². The van der Waals surface area contributed by atoms with Crippen molar-refractivity contribution in [1.82, 2.24) is 4.98 Å². The van der Waals surface area contributed by atoms with Gasteiger partial charge in [0.05, 0.1) is 17.7 Å². The molecule has 0 radical (unpaired) electrons. The summed E-state index contributed by atoms with van der Waals surface area (Å²) in [6.45, 7) is 4.06. The van der Waals surface area contributed by atoms with Gasteiger partial charge in [0.15, 0.2) is 0 Å². The van der Waals surface area contributed by atoms with Gasteiger partial charge in [0.2, 0.25) is 0 Å². The Morgan fingerprint density at radius 1 is 1.24 bits per heavy atom. The van der Waals surface area contributed by atoms with Crippen LogP contribution in [0.25, 0.3) is 10.9 Å². The molecular formula is C14H17NO2. The van der Waals surface area contributed by atoms with Crippen LogP contribution in [-0.4, -0.2) is 22.3 Å². The molecule has 0 amide bonds. The zero-order valence-corrected chi connectivity index (χ0v) is 10.2. The number of nitrogens with zero attached hydrogens (tertiary/aromatic N) is 1. The van der Waals surface area contributed by atoms with Gasteiger partial charge < -0.3 is 9.84 Å². The van der Waals surface area contributed by atoms with Crippen LogP contribution in [0.2, 0.25) is 0 Å². The summed E-state index contributed by atoms with van der Waals surface area (Å²) in [5, 5.41) is 10.6. The number of hydrogen-bond acceptors (Lipinski definition) is 3. The number of rotatable bonds is 4. The van der Waals surface area contributed by atoms with Gasteiger partial charge in [-0.1, -0.05) is 6.07 Å². The first-order chi connectivity index (χ1) is 8.06. The molecule has 0 aliphatic carbocycles. The minimum atomic E-state index is -0.692. The minimum Gasteiger partial charge on any atom is -0.493 e. The van der Waals surface area contributed by atoms with E-state index < -0.39 is 5.60 Å². The summed E-state index contributed by atoms with van der Waals surface area (Å²) in [5.41, 5.74) is 0.233. The van der Waals surface area contributed by atoms with Crippen molar-refractivity contribution in [3.8, 4) is 5.75 Å². The van der Waals surface area contributed by atoms with Crippen molar-refractivity contribution >= 4 is 10.9 Å². The SMILES string of the molecule is CC(C)(O)CCOc1cccc2ncccc12. The maximum atomic E-state index is 9.62. The molecule has 0 fully saturated rings. The Morgan fingerprint density at radius 3 is 2.82 bits per heavy atom. The summed E-state index contributed by atoms with van der Waals surface area (Å²) in [4.78, 5) is 4.27. The average molecular weight is 231 g/mol. The van der Waals surface area contributed by atoms with Crippen LogP contribution in [0.3, 0.4) is 0 Å². The van der Waals surface area contributed by atoms with Gasteiger partial charge in [0, 0.05) is 18.0 Å². The van der Waals surface area contributed by atoms with Gasteiger partial charge in [0.25, 0.3) is 0 Å². The van der Waals surface area contributed by atoms with Crippen LogP contribution < -0.4 is 4.74 Å². The quantitative estimate of drug-likeness (QED) is 0.879. The van der Waals surface area contributed by atoms with Crippen LogP contribution in [0.15, 0.2) is 36.5 Å². The number of benzene rings is 1. The Balaban J connectivity index is 2.13. The maximum Gasteiger partial charge on any atom is 0.128 e. The van der Waals surface area contributed by atoms with E-state index in [4.69, 9.17) is 4.74 Å². The molecule has 0 aliphatic heterocycles. The van der Waals surface area contributed by atoms with Crippen molar-refractivity contribution in [1.29, 1.82) is 0 Å². The monoisotopic (exact) mass is 231 g/mol. The number of ether oxygens (including phenoxy) is 1. The molecule has 0 saturated heterocycles. The molecular weight excluding hydrogens is 214 g/mol. The fourth-order valence-corrected chi connectivity index (χ4v) is 1.61. The third kappa shape index (κ3) is 3.17. The lowest BCUT2D eigenvalue weighted by atomic mass is 10.1. The lowest BCUT2D eigenvalue weighted by Gasteiger charge is -2.17. The molecule has 1 heterocycles. The van der Waals surface area contributed by atoms with Crippen LogP contribution in [0, 0.1) is 0 Å². The van der Waals surface area contributed by atoms with Gasteiger partial charge in [-0.25, -0.2) is 0 Å². The van der Waals surface area contributed by atoms with E-state index in [1.54, 1.807) is 20.0 Å². The van der Waals surface area contributed by atoms with Gasteiger partial charge in [-0.15, -0.1) is 0 Å². The molecule has 2 aromatic rings. The molecule has 2 rings (SSSR count). The van der Waals surface area contributed by atoms with E-state index in [2.05, 4.69) is 4.98 Å². The maximum absolute atomic E-state index is 9.62. The summed E-state index contributed by atoms with van der Waals surface area (Å²) in [6, 6.07) is 9.69. The first-order valence-electron chi connectivity index (χ1n) is 5.75. The lowest BCUT2D eigenvalue weighted by molar-refractivity contribution is 0.0555. The normalized spacial score (nSPS) is 11.7. The van der Waals surface area contributed by atoms with E-state index in [1.165, 1.54) is 0 Å². The second-order valence-corrected chi connectivity index (χ2v) is 4.74. The summed E-state index contributed by atoms with van der Waals surface area (Å²) < 4.78 is 5.70. The van der Waals surface area contributed by atoms with E-state index in [0.717, 1.165) is 16.7 Å². The van der Waals surface area contributed by atoms with Gasteiger partial charge in [-0.2, -0.15) is 0 Å². The molecule has 17 heavy (non-hydrogen) atoms. The lowest BCUT2D eigenvalue weighted by Crippen LogP contribution is -2.21. The fraction of sp³-hybridized carbons (Fsp3) is 0.357. The van der Waals surface area contributed by atoms with Gasteiger partial charge in [-0.3, -0.25) is 4.98 Å². The predicted octanol–water partition coefficient (Wildman–Crippen LogP) is 2.77. The zero-order chi connectivity index (χ0) is 12.3. The largest absolute Gasteiger partial charge is 0.493 e. The highest BCUT2D eigenvalue weighted by atomic mass is 16.5. The highest BCUT2D eigenvalue weighted by molar-refractivity contribution is 5.84. The molecule has 90 valence electrons.